The van der Waals surface area contributed by atoms with Gasteiger partial charge in [-0.1, -0.05) is 54.1 Å². The number of fused-ring (bicyclic) bond motifs is 1. The van der Waals surface area contributed by atoms with Crippen LogP contribution in [0.4, 0.5) is 4.39 Å². The quantitative estimate of drug-likeness (QED) is 0.228. The third-order valence-corrected chi connectivity index (χ3v) is 6.28. The summed E-state index contributed by atoms with van der Waals surface area (Å²) in [6.07, 6.45) is 0. The SMILES string of the molecule is N#CC1=C(N)Oc2cc(OC(=O)c3ccccc3F)ccc2C1c1ccc(OCc2ccc(Cl)cc2)cc1. The van der Waals surface area contributed by atoms with Gasteiger partial charge in [0.1, 0.15) is 41.3 Å². The maximum atomic E-state index is 14.0. The van der Waals surface area contributed by atoms with Crippen molar-refractivity contribution in [3.8, 4) is 23.3 Å². The summed E-state index contributed by atoms with van der Waals surface area (Å²) >= 11 is 5.93. The standard InChI is InChI=1S/C30H20ClFN2O4/c31-20-9-5-18(6-10-20)17-36-21-11-7-19(8-12-21)28-24-14-13-22(15-27(24)38-29(34)25(28)16-33)37-30(35)23-3-1-2-4-26(23)32/h1-15,28H,17,34H2. The van der Waals surface area contributed by atoms with Crippen LogP contribution in [0.25, 0.3) is 0 Å². The van der Waals surface area contributed by atoms with Crippen molar-refractivity contribution in [2.75, 3.05) is 0 Å². The summed E-state index contributed by atoms with van der Waals surface area (Å²) < 4.78 is 30.9. The van der Waals surface area contributed by atoms with Crippen LogP contribution in [0.5, 0.6) is 17.2 Å². The molecule has 2 N–H and O–H groups in total. The van der Waals surface area contributed by atoms with E-state index in [1.54, 1.807) is 30.3 Å². The van der Waals surface area contributed by atoms with E-state index in [0.717, 1.165) is 11.1 Å². The summed E-state index contributed by atoms with van der Waals surface area (Å²) in [6, 6.07) is 27.2. The Hall–Kier alpha value is -4.80. The van der Waals surface area contributed by atoms with E-state index in [-0.39, 0.29) is 22.8 Å². The first-order valence-electron chi connectivity index (χ1n) is 11.6. The molecule has 4 aromatic carbocycles. The third kappa shape index (κ3) is 5.17. The number of halogens is 2. The average molecular weight is 527 g/mol. The van der Waals surface area contributed by atoms with Gasteiger partial charge < -0.3 is 19.9 Å². The number of benzene rings is 4. The Morgan fingerprint density at radius 3 is 2.42 bits per heavy atom. The van der Waals surface area contributed by atoms with Gasteiger partial charge in [-0.25, -0.2) is 9.18 Å². The number of carbonyl (C=O) groups is 1. The zero-order valence-corrected chi connectivity index (χ0v) is 20.6. The van der Waals surface area contributed by atoms with E-state index in [0.29, 0.717) is 28.7 Å². The molecule has 0 bridgehead atoms. The molecule has 0 amide bonds. The van der Waals surface area contributed by atoms with Crippen molar-refractivity contribution in [3.63, 3.8) is 0 Å². The Labute approximate surface area is 223 Å². The number of carbonyl (C=O) groups excluding carboxylic acids is 1. The van der Waals surface area contributed by atoms with E-state index in [4.69, 9.17) is 31.5 Å². The van der Waals surface area contributed by atoms with Crippen molar-refractivity contribution in [2.24, 2.45) is 5.73 Å². The molecule has 8 heteroatoms. The molecule has 1 atom stereocenters. The highest BCUT2D eigenvalue weighted by molar-refractivity contribution is 6.30. The predicted molar refractivity (Wildman–Crippen MR) is 139 cm³/mol. The van der Waals surface area contributed by atoms with Crippen molar-refractivity contribution in [2.45, 2.75) is 12.5 Å². The summed E-state index contributed by atoms with van der Waals surface area (Å²) in [5, 5.41) is 10.5. The number of hydrogen-bond acceptors (Lipinski definition) is 6. The maximum Gasteiger partial charge on any atom is 0.346 e. The minimum absolute atomic E-state index is 0.0503. The van der Waals surface area contributed by atoms with Crippen LogP contribution >= 0.6 is 11.6 Å². The van der Waals surface area contributed by atoms with Crippen LogP contribution in [0.3, 0.4) is 0 Å². The van der Waals surface area contributed by atoms with Gasteiger partial charge in [-0.05, 0) is 53.6 Å². The van der Waals surface area contributed by atoms with E-state index >= 15 is 0 Å². The van der Waals surface area contributed by atoms with Crippen molar-refractivity contribution in [3.05, 3.63) is 136 Å². The Morgan fingerprint density at radius 2 is 1.71 bits per heavy atom. The molecule has 0 saturated heterocycles. The van der Waals surface area contributed by atoms with Crippen LogP contribution in [0, 0.1) is 17.1 Å². The van der Waals surface area contributed by atoms with Gasteiger partial charge in [0, 0.05) is 16.7 Å². The predicted octanol–water partition coefficient (Wildman–Crippen LogP) is 6.50. The number of rotatable bonds is 6. The van der Waals surface area contributed by atoms with E-state index in [1.165, 1.54) is 24.3 Å². The normalized spacial score (nSPS) is 14.2. The van der Waals surface area contributed by atoms with Crippen LogP contribution < -0.4 is 19.9 Å². The molecule has 38 heavy (non-hydrogen) atoms. The molecular weight excluding hydrogens is 507 g/mol. The van der Waals surface area contributed by atoms with E-state index in [2.05, 4.69) is 6.07 Å². The number of ether oxygens (including phenoxy) is 3. The molecular formula is C30H20ClFN2O4. The number of allylic oxidation sites excluding steroid dienone is 1. The molecule has 0 aromatic heterocycles. The number of nitriles is 1. The fourth-order valence-corrected chi connectivity index (χ4v) is 4.26. The fourth-order valence-electron chi connectivity index (χ4n) is 4.13. The zero-order chi connectivity index (χ0) is 26.6. The lowest BCUT2D eigenvalue weighted by molar-refractivity contribution is 0.0729. The van der Waals surface area contributed by atoms with Gasteiger partial charge in [0.25, 0.3) is 0 Å². The average Bonchev–Trinajstić information content (AvgIpc) is 2.92. The summed E-state index contributed by atoms with van der Waals surface area (Å²) in [6.45, 7) is 0.376. The lowest BCUT2D eigenvalue weighted by Crippen LogP contribution is -2.21. The summed E-state index contributed by atoms with van der Waals surface area (Å²) in [7, 11) is 0. The first-order chi connectivity index (χ1) is 18.4. The highest BCUT2D eigenvalue weighted by Gasteiger charge is 2.31. The molecule has 0 spiro atoms. The Kier molecular flexibility index (Phi) is 6.98. The van der Waals surface area contributed by atoms with Gasteiger partial charge in [-0.3, -0.25) is 0 Å². The molecule has 1 heterocycles. The summed E-state index contributed by atoms with van der Waals surface area (Å²) in [5.41, 5.74) is 8.59. The first kappa shape index (κ1) is 24.9. The van der Waals surface area contributed by atoms with Crippen LogP contribution in [-0.2, 0) is 6.61 Å². The maximum absolute atomic E-state index is 14.0. The number of nitrogens with zero attached hydrogens (tertiary/aromatic N) is 1. The van der Waals surface area contributed by atoms with Crippen LogP contribution in [0.2, 0.25) is 5.02 Å². The van der Waals surface area contributed by atoms with Crippen molar-refractivity contribution < 1.29 is 23.4 Å². The van der Waals surface area contributed by atoms with Crippen molar-refractivity contribution >= 4 is 17.6 Å². The number of hydrogen-bond donors (Lipinski definition) is 1. The molecule has 1 aliphatic heterocycles. The second-order valence-electron chi connectivity index (χ2n) is 8.48. The largest absolute Gasteiger partial charge is 0.489 e. The lowest BCUT2D eigenvalue weighted by atomic mass is 9.83. The van der Waals surface area contributed by atoms with E-state index in [1.807, 2.05) is 36.4 Å². The second kappa shape index (κ2) is 10.7. The second-order valence-corrected chi connectivity index (χ2v) is 8.91. The van der Waals surface area contributed by atoms with Crippen molar-refractivity contribution in [1.29, 1.82) is 5.26 Å². The molecule has 0 aliphatic carbocycles. The Bertz CT molecular complexity index is 1580. The topological polar surface area (TPSA) is 94.6 Å². The summed E-state index contributed by atoms with van der Waals surface area (Å²) in [5.74, 6) is -0.954. The Morgan fingerprint density at radius 1 is 1.00 bits per heavy atom. The van der Waals surface area contributed by atoms with Gasteiger partial charge in [-0.2, -0.15) is 5.26 Å². The van der Waals surface area contributed by atoms with Crippen LogP contribution in [0.1, 0.15) is 33.0 Å². The molecule has 0 fully saturated rings. The zero-order valence-electron chi connectivity index (χ0n) is 19.9. The van der Waals surface area contributed by atoms with Gasteiger partial charge in [0.15, 0.2) is 0 Å². The highest BCUT2D eigenvalue weighted by Crippen LogP contribution is 2.43. The lowest BCUT2D eigenvalue weighted by Gasteiger charge is -2.26. The smallest absolute Gasteiger partial charge is 0.346 e. The van der Waals surface area contributed by atoms with Gasteiger partial charge in [-0.15, -0.1) is 0 Å². The number of esters is 1. The summed E-state index contributed by atoms with van der Waals surface area (Å²) in [4.78, 5) is 12.4. The van der Waals surface area contributed by atoms with Gasteiger partial charge >= 0.3 is 5.97 Å². The molecule has 5 rings (SSSR count). The monoisotopic (exact) mass is 526 g/mol. The number of nitrogens with two attached hydrogens (primary N) is 1. The molecule has 4 aromatic rings. The fraction of sp³-hybridized carbons (Fsp3) is 0.0667. The van der Waals surface area contributed by atoms with Gasteiger partial charge in [0.2, 0.25) is 5.88 Å². The van der Waals surface area contributed by atoms with Crippen LogP contribution in [0.15, 0.2) is 102 Å². The Balaban J connectivity index is 1.38. The molecule has 6 nitrogen and oxygen atoms in total. The van der Waals surface area contributed by atoms with E-state index < -0.39 is 17.7 Å². The first-order valence-corrected chi connectivity index (χ1v) is 12.0. The van der Waals surface area contributed by atoms with Gasteiger partial charge in [0.05, 0.1) is 11.5 Å². The molecule has 188 valence electrons. The highest BCUT2D eigenvalue weighted by atomic mass is 35.5. The minimum atomic E-state index is -0.842. The minimum Gasteiger partial charge on any atom is -0.489 e. The van der Waals surface area contributed by atoms with Crippen LogP contribution in [-0.4, -0.2) is 5.97 Å². The molecule has 0 saturated carbocycles. The van der Waals surface area contributed by atoms with E-state index in [9.17, 15) is 14.4 Å². The van der Waals surface area contributed by atoms with Crippen molar-refractivity contribution in [1.82, 2.24) is 0 Å². The molecule has 1 unspecified atom stereocenters. The molecule has 0 radical (unpaired) electrons. The third-order valence-electron chi connectivity index (χ3n) is 6.03. The molecule has 1 aliphatic rings.